The van der Waals surface area contributed by atoms with Gasteiger partial charge in [-0.3, -0.25) is 0 Å². The van der Waals surface area contributed by atoms with Crippen molar-refractivity contribution in [2.24, 2.45) is 0 Å². The van der Waals surface area contributed by atoms with Gasteiger partial charge in [0.15, 0.2) is 11.5 Å². The molecule has 1 aliphatic rings. The van der Waals surface area contributed by atoms with Crippen LogP contribution in [0.15, 0.2) is 24.4 Å². The quantitative estimate of drug-likeness (QED) is 0.889. The minimum Gasteiger partial charge on any atom is -0.454 e. The summed E-state index contributed by atoms with van der Waals surface area (Å²) in [7, 11) is 0. The fourth-order valence-electron chi connectivity index (χ4n) is 2.33. The Labute approximate surface area is 129 Å². The van der Waals surface area contributed by atoms with Crippen LogP contribution >= 0.6 is 11.3 Å². The number of nitrogens with one attached hydrogen (secondary N) is 1. The summed E-state index contributed by atoms with van der Waals surface area (Å²) in [4.78, 5) is 5.63. The van der Waals surface area contributed by atoms with Crippen molar-refractivity contribution >= 4 is 11.3 Å². The van der Waals surface area contributed by atoms with Gasteiger partial charge in [0.25, 0.3) is 0 Å². The molecule has 1 aliphatic heterocycles. The Morgan fingerprint density at radius 2 is 2.19 bits per heavy atom. The fraction of sp³-hybridized carbons (Fsp3) is 0.438. The first-order valence-electron chi connectivity index (χ1n) is 7.24. The predicted octanol–water partition coefficient (Wildman–Crippen LogP) is 3.29. The van der Waals surface area contributed by atoms with Crippen LogP contribution in [0.4, 0.5) is 0 Å². The topological polar surface area (TPSA) is 43.4 Å². The van der Waals surface area contributed by atoms with E-state index in [0.29, 0.717) is 12.8 Å². The fourth-order valence-corrected chi connectivity index (χ4v) is 3.06. The Balaban J connectivity index is 1.46. The minimum atomic E-state index is 0.337. The number of hydrogen-bond donors (Lipinski definition) is 1. The van der Waals surface area contributed by atoms with Crippen molar-refractivity contribution in [2.45, 2.75) is 39.3 Å². The molecule has 0 fully saturated rings. The van der Waals surface area contributed by atoms with Gasteiger partial charge in [0.1, 0.15) is 5.01 Å². The van der Waals surface area contributed by atoms with Crippen LogP contribution in [-0.2, 0) is 13.0 Å². The molecule has 0 bridgehead atoms. The average molecular weight is 304 g/mol. The van der Waals surface area contributed by atoms with Gasteiger partial charge < -0.3 is 14.8 Å². The molecular weight excluding hydrogens is 284 g/mol. The number of aromatic nitrogens is 1. The van der Waals surface area contributed by atoms with Gasteiger partial charge >= 0.3 is 0 Å². The van der Waals surface area contributed by atoms with Gasteiger partial charge in [-0.2, -0.15) is 0 Å². The molecule has 2 aromatic rings. The third-order valence-corrected chi connectivity index (χ3v) is 4.49. The molecule has 4 nitrogen and oxygen atoms in total. The zero-order chi connectivity index (χ0) is 14.7. The molecule has 1 atom stereocenters. The molecule has 1 unspecified atom stereocenters. The Kier molecular flexibility index (Phi) is 4.41. The van der Waals surface area contributed by atoms with E-state index in [-0.39, 0.29) is 0 Å². The molecule has 0 radical (unpaired) electrons. The molecule has 0 amide bonds. The first-order chi connectivity index (χ1) is 10.2. The largest absolute Gasteiger partial charge is 0.454 e. The number of aryl methyl sites for hydroxylation is 2. The number of hydrogen-bond acceptors (Lipinski definition) is 5. The molecule has 21 heavy (non-hydrogen) atoms. The molecule has 2 heterocycles. The maximum absolute atomic E-state index is 5.41. The van der Waals surface area contributed by atoms with E-state index in [4.69, 9.17) is 9.47 Å². The number of thiazole rings is 1. The van der Waals surface area contributed by atoms with Gasteiger partial charge in [-0.25, -0.2) is 4.98 Å². The highest BCUT2D eigenvalue weighted by Gasteiger charge is 2.13. The van der Waals surface area contributed by atoms with Crippen LogP contribution < -0.4 is 14.8 Å². The second-order valence-electron chi connectivity index (χ2n) is 5.37. The van der Waals surface area contributed by atoms with Crippen molar-refractivity contribution < 1.29 is 9.47 Å². The van der Waals surface area contributed by atoms with Crippen LogP contribution in [0.3, 0.4) is 0 Å². The highest BCUT2D eigenvalue weighted by atomic mass is 32.1. The lowest BCUT2D eigenvalue weighted by molar-refractivity contribution is 0.174. The van der Waals surface area contributed by atoms with Crippen LogP contribution in [0, 0.1) is 6.92 Å². The van der Waals surface area contributed by atoms with E-state index in [1.165, 1.54) is 10.4 Å². The maximum atomic E-state index is 5.41. The van der Waals surface area contributed by atoms with Gasteiger partial charge in [0.05, 0.1) is 0 Å². The summed E-state index contributed by atoms with van der Waals surface area (Å²) >= 11 is 1.75. The van der Waals surface area contributed by atoms with Crippen molar-refractivity contribution in [1.82, 2.24) is 10.3 Å². The Bertz CT molecular complexity index is 612. The van der Waals surface area contributed by atoms with E-state index < -0.39 is 0 Å². The molecule has 0 saturated carbocycles. The van der Waals surface area contributed by atoms with E-state index in [0.717, 1.165) is 35.9 Å². The number of nitrogens with zero attached hydrogens (tertiary/aromatic N) is 1. The lowest BCUT2D eigenvalue weighted by Crippen LogP contribution is -2.25. The first-order valence-corrected chi connectivity index (χ1v) is 8.05. The van der Waals surface area contributed by atoms with Crippen LogP contribution in [0.1, 0.15) is 28.8 Å². The van der Waals surface area contributed by atoms with Crippen molar-refractivity contribution in [3.05, 3.63) is 39.8 Å². The smallest absolute Gasteiger partial charge is 0.231 e. The summed E-state index contributed by atoms with van der Waals surface area (Å²) in [6.45, 7) is 5.49. The monoisotopic (exact) mass is 304 g/mol. The molecule has 3 rings (SSSR count). The van der Waals surface area contributed by atoms with Crippen molar-refractivity contribution in [2.75, 3.05) is 6.79 Å². The maximum Gasteiger partial charge on any atom is 0.231 e. The molecule has 0 aliphatic carbocycles. The third kappa shape index (κ3) is 3.74. The predicted molar refractivity (Wildman–Crippen MR) is 84.0 cm³/mol. The summed E-state index contributed by atoms with van der Waals surface area (Å²) in [6.07, 6.45) is 4.05. The van der Waals surface area contributed by atoms with Gasteiger partial charge in [0, 0.05) is 23.7 Å². The second-order valence-corrected chi connectivity index (χ2v) is 6.69. The summed E-state index contributed by atoms with van der Waals surface area (Å²) in [6, 6.07) is 6.65. The van der Waals surface area contributed by atoms with Crippen molar-refractivity contribution in [3.63, 3.8) is 0 Å². The van der Waals surface area contributed by atoms with Gasteiger partial charge in [0.2, 0.25) is 6.79 Å². The molecule has 5 heteroatoms. The van der Waals surface area contributed by atoms with E-state index in [1.54, 1.807) is 11.3 Å². The average Bonchev–Trinajstić information content (AvgIpc) is 3.10. The zero-order valence-electron chi connectivity index (χ0n) is 12.4. The van der Waals surface area contributed by atoms with Crippen molar-refractivity contribution in [3.8, 4) is 11.5 Å². The van der Waals surface area contributed by atoms with E-state index >= 15 is 0 Å². The van der Waals surface area contributed by atoms with Crippen molar-refractivity contribution in [1.29, 1.82) is 0 Å². The summed E-state index contributed by atoms with van der Waals surface area (Å²) in [5.41, 5.74) is 1.29. The van der Waals surface area contributed by atoms with Gasteiger partial charge in [-0.1, -0.05) is 6.07 Å². The molecule has 1 aromatic carbocycles. The standard InChI is InChI=1S/C16H20N2O2S/c1-11(17-9-16-18-8-12(2)21-16)3-4-13-5-6-14-15(7-13)20-10-19-14/h5-8,11,17H,3-4,9-10H2,1-2H3. The zero-order valence-corrected chi connectivity index (χ0v) is 13.2. The van der Waals surface area contributed by atoms with E-state index in [2.05, 4.69) is 36.3 Å². The van der Waals surface area contributed by atoms with E-state index in [9.17, 15) is 0 Å². The van der Waals surface area contributed by atoms with Gasteiger partial charge in [-0.05, 0) is 44.4 Å². The van der Waals surface area contributed by atoms with E-state index in [1.807, 2.05) is 12.3 Å². The summed E-state index contributed by atoms with van der Waals surface area (Å²) in [5, 5.41) is 4.68. The lowest BCUT2D eigenvalue weighted by atomic mass is 10.1. The molecule has 0 saturated heterocycles. The van der Waals surface area contributed by atoms with Gasteiger partial charge in [-0.15, -0.1) is 11.3 Å². The molecular formula is C16H20N2O2S. The number of ether oxygens (including phenoxy) is 2. The second kappa shape index (κ2) is 6.45. The number of fused-ring (bicyclic) bond motifs is 1. The number of rotatable bonds is 6. The third-order valence-electron chi connectivity index (χ3n) is 3.57. The minimum absolute atomic E-state index is 0.337. The molecule has 1 N–H and O–H groups in total. The summed E-state index contributed by atoms with van der Waals surface area (Å²) in [5.74, 6) is 1.72. The SMILES string of the molecule is Cc1cnc(CNC(C)CCc2ccc3c(c2)OCO3)s1. The first kappa shape index (κ1) is 14.4. The Morgan fingerprint density at radius 1 is 1.33 bits per heavy atom. The van der Waals surface area contributed by atoms with Crippen LogP contribution in [-0.4, -0.2) is 17.8 Å². The van der Waals surface area contributed by atoms with Crippen LogP contribution in [0.25, 0.3) is 0 Å². The van der Waals surface area contributed by atoms with Crippen LogP contribution in [0.5, 0.6) is 11.5 Å². The molecule has 0 spiro atoms. The Hall–Kier alpha value is -1.59. The highest BCUT2D eigenvalue weighted by molar-refractivity contribution is 7.11. The number of benzene rings is 1. The molecule has 112 valence electrons. The highest BCUT2D eigenvalue weighted by Crippen LogP contribution is 2.32. The summed E-state index contributed by atoms with van der Waals surface area (Å²) < 4.78 is 10.7. The van der Waals surface area contributed by atoms with Crippen LogP contribution in [0.2, 0.25) is 0 Å². The normalized spacial score (nSPS) is 14.4. The Morgan fingerprint density at radius 3 is 3.00 bits per heavy atom. The lowest BCUT2D eigenvalue weighted by Gasteiger charge is -2.12. The molecule has 1 aromatic heterocycles.